The lowest BCUT2D eigenvalue weighted by Gasteiger charge is -2.36. The maximum atomic E-state index is 4.16. The van der Waals surface area contributed by atoms with Crippen LogP contribution in [0.4, 0.5) is 0 Å². The normalized spacial score (nSPS) is 16.1. The zero-order chi connectivity index (χ0) is 22.8. The van der Waals surface area contributed by atoms with E-state index in [1.165, 1.54) is 33.4 Å². The molecule has 1 N–H and O–H groups in total. The van der Waals surface area contributed by atoms with E-state index in [1.54, 1.807) is 0 Å². The van der Waals surface area contributed by atoms with Crippen LogP contribution in [0.5, 0.6) is 0 Å². The molecule has 2 aromatic carbocycles. The van der Waals surface area contributed by atoms with E-state index in [0.29, 0.717) is 0 Å². The summed E-state index contributed by atoms with van der Waals surface area (Å²) in [6.07, 6.45) is 3.19. The lowest BCUT2D eigenvalue weighted by Crippen LogP contribution is -2.42. The minimum absolute atomic E-state index is 0.244. The number of hydrogen-bond acceptors (Lipinski definition) is 2. The van der Waals surface area contributed by atoms with E-state index >= 15 is 0 Å². The molecule has 0 spiro atoms. The molecule has 1 aliphatic rings. The summed E-state index contributed by atoms with van der Waals surface area (Å²) in [5, 5.41) is 3.49. The van der Waals surface area contributed by atoms with Crippen molar-refractivity contribution in [2.45, 2.75) is 60.9 Å². The smallest absolute Gasteiger partial charge is 0.0983 e. The van der Waals surface area contributed by atoms with Gasteiger partial charge in [0.2, 0.25) is 0 Å². The van der Waals surface area contributed by atoms with Gasteiger partial charge in [-0.15, -0.1) is 0 Å². The minimum Gasteiger partial charge on any atom is -0.365 e. The maximum Gasteiger partial charge on any atom is 0.0983 e. The van der Waals surface area contributed by atoms with Crippen LogP contribution in [-0.4, -0.2) is 18.0 Å². The van der Waals surface area contributed by atoms with Gasteiger partial charge in [0.05, 0.1) is 11.9 Å². The molecule has 0 aliphatic carbocycles. The molecule has 1 unspecified atom stereocenters. The Morgan fingerprint density at radius 1 is 1.00 bits per heavy atom. The first-order chi connectivity index (χ1) is 14.4. The highest BCUT2D eigenvalue weighted by Crippen LogP contribution is 2.29. The molecule has 1 fully saturated rings. The molecule has 162 valence electrons. The molecule has 1 aliphatic heterocycles. The van der Waals surface area contributed by atoms with Crippen molar-refractivity contribution in [3.8, 4) is 11.1 Å². The summed E-state index contributed by atoms with van der Waals surface area (Å²) in [7, 11) is 2.00. The molecule has 0 radical (unpaired) electrons. The zero-order valence-electron chi connectivity index (χ0n) is 20.3. The van der Waals surface area contributed by atoms with Crippen molar-refractivity contribution >= 4 is 6.08 Å². The van der Waals surface area contributed by atoms with Crippen LogP contribution >= 0.6 is 0 Å². The molecule has 2 nitrogen and oxygen atoms in total. The second-order valence-corrected chi connectivity index (χ2v) is 7.25. The van der Waals surface area contributed by atoms with Crippen molar-refractivity contribution in [1.82, 2.24) is 10.2 Å². The van der Waals surface area contributed by atoms with Crippen LogP contribution in [0.3, 0.4) is 0 Å². The fourth-order valence-corrected chi connectivity index (χ4v) is 3.39. The summed E-state index contributed by atoms with van der Waals surface area (Å²) in [5.41, 5.74) is 8.80. The first-order valence-corrected chi connectivity index (χ1v) is 11.1. The van der Waals surface area contributed by atoms with Gasteiger partial charge >= 0.3 is 0 Å². The van der Waals surface area contributed by atoms with Crippen LogP contribution in [0.15, 0.2) is 72.7 Å². The predicted octanol–water partition coefficient (Wildman–Crippen LogP) is 7.70. The lowest BCUT2D eigenvalue weighted by molar-refractivity contribution is 0.373. The van der Waals surface area contributed by atoms with Crippen molar-refractivity contribution in [2.75, 3.05) is 7.05 Å². The van der Waals surface area contributed by atoms with Gasteiger partial charge in [0.15, 0.2) is 0 Å². The summed E-state index contributed by atoms with van der Waals surface area (Å²) in [6.45, 7) is 22.8. The number of rotatable bonds is 3. The van der Waals surface area contributed by atoms with Crippen molar-refractivity contribution in [3.05, 3.63) is 89.4 Å². The Morgan fingerprint density at radius 3 is 2.17 bits per heavy atom. The molecule has 0 bridgehead atoms. The zero-order valence-corrected chi connectivity index (χ0v) is 20.3. The van der Waals surface area contributed by atoms with Crippen molar-refractivity contribution in [1.29, 1.82) is 0 Å². The molecule has 0 aromatic heterocycles. The predicted molar refractivity (Wildman–Crippen MR) is 135 cm³/mol. The van der Waals surface area contributed by atoms with Gasteiger partial charge in [-0.2, -0.15) is 0 Å². The second kappa shape index (κ2) is 12.1. The summed E-state index contributed by atoms with van der Waals surface area (Å²) in [6, 6.07) is 15.5. The van der Waals surface area contributed by atoms with Crippen molar-refractivity contribution in [2.24, 2.45) is 0 Å². The molecule has 2 aromatic rings. The summed E-state index contributed by atoms with van der Waals surface area (Å²) < 4.78 is 0. The third-order valence-corrected chi connectivity index (χ3v) is 5.33. The molecule has 3 rings (SSSR count). The van der Waals surface area contributed by atoms with Gasteiger partial charge < -0.3 is 10.2 Å². The third kappa shape index (κ3) is 6.13. The van der Waals surface area contributed by atoms with Crippen LogP contribution in [-0.2, 0) is 0 Å². The number of aryl methyl sites for hydroxylation is 1. The van der Waals surface area contributed by atoms with E-state index in [-0.39, 0.29) is 6.04 Å². The molecule has 1 atom stereocenters. The van der Waals surface area contributed by atoms with Gasteiger partial charge in [-0.05, 0) is 43.0 Å². The lowest BCUT2D eigenvalue weighted by atomic mass is 9.93. The van der Waals surface area contributed by atoms with Gasteiger partial charge in [0.25, 0.3) is 0 Å². The summed E-state index contributed by atoms with van der Waals surface area (Å²) >= 11 is 0. The van der Waals surface area contributed by atoms with E-state index in [0.717, 1.165) is 17.9 Å². The van der Waals surface area contributed by atoms with E-state index in [4.69, 9.17) is 0 Å². The standard InChI is InChI=1S/C24H28N2.2C2H6/c1-16-10-12-21(13-11-16)23-9-7-8-22(19(23)4)14-17(2)24-15-18(3)26(6)20(5)25-24;2*1-2/h7-14,24-25H,3,5,15H2,1-2,4,6H3;2*1-2H3/b17-14+;;. The summed E-state index contributed by atoms with van der Waals surface area (Å²) in [5.74, 6) is 0.907. The van der Waals surface area contributed by atoms with E-state index in [9.17, 15) is 0 Å². The first-order valence-electron chi connectivity index (χ1n) is 11.1. The highest BCUT2D eigenvalue weighted by Gasteiger charge is 2.22. The van der Waals surface area contributed by atoms with Gasteiger partial charge in [-0.1, -0.05) is 101 Å². The molecular formula is C28H40N2. The SMILES string of the molecule is C=C1CC(/C(C)=C/c2cccc(-c3ccc(C)cc3)c2C)NC(=C)N1C.CC.CC. The van der Waals surface area contributed by atoms with Crippen LogP contribution in [0.2, 0.25) is 0 Å². The molecule has 30 heavy (non-hydrogen) atoms. The Balaban J connectivity index is 0.00000106. The molecule has 2 heteroatoms. The first kappa shape index (κ1) is 25.3. The molecule has 1 heterocycles. The Kier molecular flexibility index (Phi) is 10.2. The number of benzene rings is 2. The minimum atomic E-state index is 0.244. The Labute approximate surface area is 185 Å². The fraction of sp³-hybridized carbons (Fsp3) is 0.357. The van der Waals surface area contributed by atoms with Crippen LogP contribution < -0.4 is 5.32 Å². The monoisotopic (exact) mass is 404 g/mol. The maximum absolute atomic E-state index is 4.16. The quantitative estimate of drug-likeness (QED) is 0.563. The molecule has 0 amide bonds. The fourth-order valence-electron chi connectivity index (χ4n) is 3.39. The van der Waals surface area contributed by atoms with Crippen molar-refractivity contribution in [3.63, 3.8) is 0 Å². The van der Waals surface area contributed by atoms with E-state index < -0.39 is 0 Å². The Morgan fingerprint density at radius 2 is 1.60 bits per heavy atom. The highest BCUT2D eigenvalue weighted by molar-refractivity contribution is 5.73. The van der Waals surface area contributed by atoms with Crippen molar-refractivity contribution < 1.29 is 0 Å². The van der Waals surface area contributed by atoms with Gasteiger partial charge in [0.1, 0.15) is 0 Å². The van der Waals surface area contributed by atoms with Gasteiger partial charge in [0, 0.05) is 19.2 Å². The van der Waals surface area contributed by atoms with Crippen LogP contribution in [0.1, 0.15) is 57.7 Å². The van der Waals surface area contributed by atoms with Gasteiger partial charge in [-0.25, -0.2) is 0 Å². The Bertz CT molecular complexity index is 854. The topological polar surface area (TPSA) is 15.3 Å². The Hall–Kier alpha value is -2.74. The second-order valence-electron chi connectivity index (χ2n) is 7.25. The van der Waals surface area contributed by atoms with Crippen LogP contribution in [0, 0.1) is 13.8 Å². The largest absolute Gasteiger partial charge is 0.365 e. The number of nitrogens with zero attached hydrogens (tertiary/aromatic N) is 1. The molecular weight excluding hydrogens is 364 g/mol. The number of nitrogens with one attached hydrogen (secondary N) is 1. The van der Waals surface area contributed by atoms with Crippen LogP contribution in [0.25, 0.3) is 17.2 Å². The summed E-state index contributed by atoms with van der Waals surface area (Å²) in [4.78, 5) is 2.02. The molecule has 1 saturated heterocycles. The van der Waals surface area contributed by atoms with E-state index in [1.807, 2.05) is 39.6 Å². The highest BCUT2D eigenvalue weighted by atomic mass is 15.3. The number of hydrogen-bond donors (Lipinski definition) is 1. The third-order valence-electron chi connectivity index (χ3n) is 5.33. The molecule has 0 saturated carbocycles. The van der Waals surface area contributed by atoms with Gasteiger partial charge in [-0.3, -0.25) is 0 Å². The average Bonchev–Trinajstić information content (AvgIpc) is 2.76. The average molecular weight is 405 g/mol. The van der Waals surface area contributed by atoms with E-state index in [2.05, 4.69) is 87.8 Å².